The van der Waals surface area contributed by atoms with Gasteiger partial charge in [0.2, 0.25) is 5.91 Å². The van der Waals surface area contributed by atoms with E-state index in [0.29, 0.717) is 24.3 Å². The number of likely N-dealkylation sites (tertiary alicyclic amines) is 1. The summed E-state index contributed by atoms with van der Waals surface area (Å²) in [6.07, 6.45) is 2.87. The zero-order valence-corrected chi connectivity index (χ0v) is 12.5. The molecule has 1 amide bonds. The number of nitrogens with one attached hydrogen (secondary N) is 1. The van der Waals surface area contributed by atoms with Crippen molar-refractivity contribution >= 4 is 5.91 Å². The minimum Gasteiger partial charge on any atom is -0.335 e. The summed E-state index contributed by atoms with van der Waals surface area (Å²) in [6, 6.07) is 7.01. The summed E-state index contributed by atoms with van der Waals surface area (Å²) >= 11 is 0. The molecule has 20 heavy (non-hydrogen) atoms. The van der Waals surface area contributed by atoms with Gasteiger partial charge in [-0.15, -0.1) is 0 Å². The molecule has 2 saturated heterocycles. The Hall–Kier alpha value is -1.35. The molecule has 1 N–H and O–H groups in total. The van der Waals surface area contributed by atoms with E-state index in [2.05, 4.69) is 42.3 Å². The van der Waals surface area contributed by atoms with Crippen molar-refractivity contribution in [2.75, 3.05) is 13.1 Å². The van der Waals surface area contributed by atoms with Gasteiger partial charge in [-0.3, -0.25) is 4.79 Å². The molecule has 3 nitrogen and oxygen atoms in total. The van der Waals surface area contributed by atoms with Crippen molar-refractivity contribution in [2.45, 2.75) is 45.7 Å². The Balaban J connectivity index is 1.79. The van der Waals surface area contributed by atoms with Crippen LogP contribution in [0.15, 0.2) is 18.2 Å². The number of fused-ring (bicyclic) bond motifs is 1. The molecule has 0 saturated carbocycles. The predicted octanol–water partition coefficient (Wildman–Crippen LogP) is 2.40. The Morgan fingerprint density at radius 2 is 2.10 bits per heavy atom. The van der Waals surface area contributed by atoms with E-state index in [9.17, 15) is 4.79 Å². The SMILES string of the molecule is Cc1ccc(CN2C(=O)CCC3CNCCC32)cc1C. The van der Waals surface area contributed by atoms with Crippen LogP contribution in [0.4, 0.5) is 0 Å². The van der Waals surface area contributed by atoms with Crippen LogP contribution in [0, 0.1) is 19.8 Å². The van der Waals surface area contributed by atoms with Gasteiger partial charge in [-0.05, 0) is 62.4 Å². The fraction of sp³-hybridized carbons (Fsp3) is 0.588. The van der Waals surface area contributed by atoms with Gasteiger partial charge in [0.1, 0.15) is 0 Å². The average Bonchev–Trinajstić information content (AvgIpc) is 2.46. The Kier molecular flexibility index (Phi) is 3.79. The Morgan fingerprint density at radius 3 is 2.90 bits per heavy atom. The molecule has 0 spiro atoms. The fourth-order valence-corrected chi connectivity index (χ4v) is 3.56. The maximum absolute atomic E-state index is 12.3. The number of rotatable bonds is 2. The van der Waals surface area contributed by atoms with Crippen molar-refractivity contribution < 1.29 is 4.79 Å². The van der Waals surface area contributed by atoms with E-state index >= 15 is 0 Å². The molecular formula is C17H24N2O. The van der Waals surface area contributed by atoms with Crippen molar-refractivity contribution in [1.29, 1.82) is 0 Å². The second-order valence-electron chi connectivity index (χ2n) is 6.30. The molecule has 0 bridgehead atoms. The number of amides is 1. The fourth-order valence-electron chi connectivity index (χ4n) is 3.56. The molecule has 3 rings (SSSR count). The van der Waals surface area contributed by atoms with E-state index in [0.717, 1.165) is 32.5 Å². The predicted molar refractivity (Wildman–Crippen MR) is 80.5 cm³/mol. The van der Waals surface area contributed by atoms with E-state index in [1.54, 1.807) is 0 Å². The molecule has 2 aliphatic rings. The Bertz CT molecular complexity index is 512. The molecule has 3 heteroatoms. The molecule has 0 radical (unpaired) electrons. The highest BCUT2D eigenvalue weighted by molar-refractivity contribution is 5.77. The lowest BCUT2D eigenvalue weighted by molar-refractivity contribution is -0.140. The molecule has 108 valence electrons. The van der Waals surface area contributed by atoms with Crippen LogP contribution in [0.2, 0.25) is 0 Å². The third-order valence-corrected chi connectivity index (χ3v) is 4.94. The second kappa shape index (κ2) is 5.57. The topological polar surface area (TPSA) is 32.3 Å². The molecule has 2 aliphatic heterocycles. The molecule has 1 aromatic rings. The van der Waals surface area contributed by atoms with Crippen LogP contribution in [0.5, 0.6) is 0 Å². The van der Waals surface area contributed by atoms with Gasteiger partial charge in [0.25, 0.3) is 0 Å². The highest BCUT2D eigenvalue weighted by Crippen LogP contribution is 2.30. The smallest absolute Gasteiger partial charge is 0.223 e. The van der Waals surface area contributed by atoms with E-state index in [1.165, 1.54) is 16.7 Å². The normalized spacial score (nSPS) is 26.5. The van der Waals surface area contributed by atoms with Crippen molar-refractivity contribution in [1.82, 2.24) is 10.2 Å². The van der Waals surface area contributed by atoms with Crippen LogP contribution in [-0.4, -0.2) is 29.9 Å². The van der Waals surface area contributed by atoms with Crippen LogP contribution in [0.25, 0.3) is 0 Å². The lowest BCUT2D eigenvalue weighted by Crippen LogP contribution is -2.54. The summed E-state index contributed by atoms with van der Waals surface area (Å²) in [4.78, 5) is 14.4. The molecular weight excluding hydrogens is 248 g/mol. The van der Waals surface area contributed by atoms with Crippen LogP contribution < -0.4 is 5.32 Å². The summed E-state index contributed by atoms with van der Waals surface area (Å²) in [6.45, 7) is 7.17. The zero-order chi connectivity index (χ0) is 14.1. The van der Waals surface area contributed by atoms with Crippen molar-refractivity contribution in [3.8, 4) is 0 Å². The maximum Gasteiger partial charge on any atom is 0.223 e. The molecule has 1 aromatic carbocycles. The number of carbonyl (C=O) groups is 1. The Labute approximate surface area is 121 Å². The van der Waals surface area contributed by atoms with Crippen LogP contribution in [-0.2, 0) is 11.3 Å². The third-order valence-electron chi connectivity index (χ3n) is 4.94. The average molecular weight is 272 g/mol. The molecule has 0 aromatic heterocycles. The number of aryl methyl sites for hydroxylation is 2. The summed E-state index contributed by atoms with van der Waals surface area (Å²) in [5.74, 6) is 0.986. The van der Waals surface area contributed by atoms with Crippen LogP contribution in [0.3, 0.4) is 0 Å². The van der Waals surface area contributed by atoms with Crippen LogP contribution >= 0.6 is 0 Å². The van der Waals surface area contributed by atoms with Gasteiger partial charge in [-0.25, -0.2) is 0 Å². The highest BCUT2D eigenvalue weighted by atomic mass is 16.2. The first-order valence-electron chi connectivity index (χ1n) is 7.71. The van der Waals surface area contributed by atoms with E-state index < -0.39 is 0 Å². The van der Waals surface area contributed by atoms with Crippen molar-refractivity contribution in [3.05, 3.63) is 34.9 Å². The highest BCUT2D eigenvalue weighted by Gasteiger charge is 2.36. The van der Waals surface area contributed by atoms with E-state index in [1.807, 2.05) is 0 Å². The molecule has 2 heterocycles. The second-order valence-corrected chi connectivity index (χ2v) is 6.30. The number of hydrogen-bond donors (Lipinski definition) is 1. The molecule has 2 atom stereocenters. The van der Waals surface area contributed by atoms with E-state index in [4.69, 9.17) is 0 Å². The minimum atomic E-state index is 0.339. The third kappa shape index (κ3) is 2.59. The largest absolute Gasteiger partial charge is 0.335 e. The van der Waals surface area contributed by atoms with Gasteiger partial charge in [0, 0.05) is 19.0 Å². The number of benzene rings is 1. The molecule has 2 fully saturated rings. The van der Waals surface area contributed by atoms with Gasteiger partial charge in [0.15, 0.2) is 0 Å². The van der Waals surface area contributed by atoms with Gasteiger partial charge in [0.05, 0.1) is 0 Å². The number of hydrogen-bond acceptors (Lipinski definition) is 2. The zero-order valence-electron chi connectivity index (χ0n) is 12.5. The first-order chi connectivity index (χ1) is 9.65. The van der Waals surface area contributed by atoms with Gasteiger partial charge >= 0.3 is 0 Å². The summed E-state index contributed by atoms with van der Waals surface area (Å²) < 4.78 is 0. The number of carbonyl (C=O) groups excluding carboxylic acids is 1. The maximum atomic E-state index is 12.3. The summed E-state index contributed by atoms with van der Waals surface area (Å²) in [5.41, 5.74) is 3.90. The molecule has 2 unspecified atom stereocenters. The van der Waals surface area contributed by atoms with Gasteiger partial charge in [-0.2, -0.15) is 0 Å². The lowest BCUT2D eigenvalue weighted by Gasteiger charge is -2.44. The summed E-state index contributed by atoms with van der Waals surface area (Å²) in [5, 5.41) is 3.46. The Morgan fingerprint density at radius 1 is 1.25 bits per heavy atom. The minimum absolute atomic E-state index is 0.339. The monoisotopic (exact) mass is 272 g/mol. The first kappa shape index (κ1) is 13.6. The summed E-state index contributed by atoms with van der Waals surface area (Å²) in [7, 11) is 0. The first-order valence-corrected chi connectivity index (χ1v) is 7.71. The standard InChI is InChI=1S/C17H24N2O/c1-12-3-4-14(9-13(12)2)11-19-16-7-8-18-10-15(16)5-6-17(19)20/h3-4,9,15-16,18H,5-8,10-11H2,1-2H3. The van der Waals surface area contributed by atoms with Crippen molar-refractivity contribution in [2.24, 2.45) is 5.92 Å². The van der Waals surface area contributed by atoms with Crippen LogP contribution in [0.1, 0.15) is 36.0 Å². The number of nitrogens with zero attached hydrogens (tertiary/aromatic N) is 1. The quantitative estimate of drug-likeness (QED) is 0.896. The van der Waals surface area contributed by atoms with Crippen molar-refractivity contribution in [3.63, 3.8) is 0 Å². The van der Waals surface area contributed by atoms with Gasteiger partial charge < -0.3 is 10.2 Å². The van der Waals surface area contributed by atoms with Gasteiger partial charge in [-0.1, -0.05) is 18.2 Å². The lowest BCUT2D eigenvalue weighted by atomic mass is 9.84. The van der Waals surface area contributed by atoms with E-state index in [-0.39, 0.29) is 0 Å². The number of piperidine rings is 2. The molecule has 0 aliphatic carbocycles.